The molecule has 0 saturated heterocycles. The van der Waals surface area contributed by atoms with Gasteiger partial charge in [-0.3, -0.25) is 14.9 Å². The average Bonchev–Trinajstić information content (AvgIpc) is 2.46. The third kappa shape index (κ3) is 3.89. The quantitative estimate of drug-likeness (QED) is 0.533. The standard InChI is InChI=1S/C15H12ClN3O3/c1-10-7-12(5-6-14(10)19(21)22)15(20)18-17-9-11-3-2-4-13(16)8-11/h2-9H,1H3,(H,18,20). The summed E-state index contributed by atoms with van der Waals surface area (Å²) in [6, 6.07) is 11.1. The number of carbonyl (C=O) groups excluding carboxylic acids is 1. The fraction of sp³-hybridized carbons (Fsp3) is 0.0667. The molecular weight excluding hydrogens is 306 g/mol. The van der Waals surface area contributed by atoms with E-state index < -0.39 is 10.8 Å². The van der Waals surface area contributed by atoms with Crippen molar-refractivity contribution < 1.29 is 9.72 Å². The number of carbonyl (C=O) groups is 1. The maximum atomic E-state index is 11.9. The predicted octanol–water partition coefficient (Wildman–Crippen LogP) is 3.32. The van der Waals surface area contributed by atoms with Crippen molar-refractivity contribution >= 4 is 29.4 Å². The second-order valence-corrected chi connectivity index (χ2v) is 4.95. The van der Waals surface area contributed by atoms with Crippen LogP contribution >= 0.6 is 11.6 Å². The number of nitrogens with zero attached hydrogens (tertiary/aromatic N) is 2. The van der Waals surface area contributed by atoms with Crippen LogP contribution in [-0.4, -0.2) is 17.0 Å². The van der Waals surface area contributed by atoms with Crippen molar-refractivity contribution in [2.75, 3.05) is 0 Å². The molecule has 0 aliphatic carbocycles. The minimum atomic E-state index is -0.492. The smallest absolute Gasteiger partial charge is 0.267 e. The lowest BCUT2D eigenvalue weighted by Crippen LogP contribution is -2.17. The molecule has 0 fully saturated rings. The molecule has 0 bridgehead atoms. The number of halogens is 1. The van der Waals surface area contributed by atoms with Gasteiger partial charge in [0.05, 0.1) is 11.1 Å². The van der Waals surface area contributed by atoms with Gasteiger partial charge in [0.25, 0.3) is 11.6 Å². The number of rotatable bonds is 4. The minimum absolute atomic E-state index is 0.0287. The molecule has 112 valence electrons. The number of benzene rings is 2. The summed E-state index contributed by atoms with van der Waals surface area (Å²) < 4.78 is 0. The minimum Gasteiger partial charge on any atom is -0.267 e. The molecule has 2 aromatic rings. The molecule has 6 nitrogen and oxygen atoms in total. The van der Waals surface area contributed by atoms with Crippen LogP contribution in [0, 0.1) is 17.0 Å². The molecule has 0 atom stereocenters. The maximum Gasteiger partial charge on any atom is 0.272 e. The monoisotopic (exact) mass is 317 g/mol. The highest BCUT2D eigenvalue weighted by Crippen LogP contribution is 2.18. The zero-order valence-corrected chi connectivity index (χ0v) is 12.4. The summed E-state index contributed by atoms with van der Waals surface area (Å²) in [5.41, 5.74) is 3.79. The van der Waals surface area contributed by atoms with Gasteiger partial charge in [-0.1, -0.05) is 23.7 Å². The Morgan fingerprint density at radius 3 is 2.73 bits per heavy atom. The second-order valence-electron chi connectivity index (χ2n) is 4.51. The predicted molar refractivity (Wildman–Crippen MR) is 84.3 cm³/mol. The Labute approximate surface area is 131 Å². The highest BCUT2D eigenvalue weighted by atomic mass is 35.5. The van der Waals surface area contributed by atoms with E-state index in [2.05, 4.69) is 10.5 Å². The Balaban J connectivity index is 2.06. The summed E-state index contributed by atoms with van der Waals surface area (Å²) in [7, 11) is 0. The summed E-state index contributed by atoms with van der Waals surface area (Å²) in [4.78, 5) is 22.2. The van der Waals surface area contributed by atoms with Crippen molar-refractivity contribution in [1.82, 2.24) is 5.43 Å². The van der Waals surface area contributed by atoms with Gasteiger partial charge in [-0.25, -0.2) is 5.43 Å². The number of aryl methyl sites for hydroxylation is 1. The third-order valence-electron chi connectivity index (χ3n) is 2.88. The van der Waals surface area contributed by atoms with Gasteiger partial charge in [-0.15, -0.1) is 0 Å². The molecule has 2 aromatic carbocycles. The van der Waals surface area contributed by atoms with E-state index in [9.17, 15) is 14.9 Å². The Hall–Kier alpha value is -2.73. The SMILES string of the molecule is Cc1cc(C(=O)NN=Cc2cccc(Cl)c2)ccc1[N+](=O)[O-]. The number of amides is 1. The first kappa shape index (κ1) is 15.7. The zero-order chi connectivity index (χ0) is 16.1. The van der Waals surface area contributed by atoms with Gasteiger partial charge in [0.15, 0.2) is 0 Å². The number of nitrogens with one attached hydrogen (secondary N) is 1. The molecular formula is C15H12ClN3O3. The van der Waals surface area contributed by atoms with Crippen LogP contribution in [0.1, 0.15) is 21.5 Å². The van der Waals surface area contributed by atoms with E-state index in [1.165, 1.54) is 24.4 Å². The highest BCUT2D eigenvalue weighted by molar-refractivity contribution is 6.30. The molecule has 1 N–H and O–H groups in total. The molecule has 0 saturated carbocycles. The van der Waals surface area contributed by atoms with Gasteiger partial charge in [-0.05, 0) is 36.8 Å². The average molecular weight is 318 g/mol. The van der Waals surface area contributed by atoms with Crippen LogP contribution in [0.5, 0.6) is 0 Å². The largest absolute Gasteiger partial charge is 0.272 e. The number of hydrogen-bond donors (Lipinski definition) is 1. The Morgan fingerprint density at radius 2 is 2.09 bits per heavy atom. The molecule has 0 spiro atoms. The molecule has 2 rings (SSSR count). The van der Waals surface area contributed by atoms with E-state index in [0.29, 0.717) is 16.1 Å². The lowest BCUT2D eigenvalue weighted by Gasteiger charge is -2.02. The lowest BCUT2D eigenvalue weighted by molar-refractivity contribution is -0.385. The molecule has 22 heavy (non-hydrogen) atoms. The first-order valence-corrected chi connectivity index (χ1v) is 6.69. The maximum absolute atomic E-state index is 11.9. The summed E-state index contributed by atoms with van der Waals surface area (Å²) in [6.45, 7) is 1.57. The van der Waals surface area contributed by atoms with Crippen molar-refractivity contribution in [3.8, 4) is 0 Å². The summed E-state index contributed by atoms with van der Waals surface area (Å²) in [5.74, 6) is -0.448. The zero-order valence-electron chi connectivity index (χ0n) is 11.6. The van der Waals surface area contributed by atoms with Crippen LogP contribution < -0.4 is 5.43 Å². The van der Waals surface area contributed by atoms with E-state index in [4.69, 9.17) is 11.6 Å². The van der Waals surface area contributed by atoms with Crippen LogP contribution in [0.15, 0.2) is 47.6 Å². The lowest BCUT2D eigenvalue weighted by atomic mass is 10.1. The van der Waals surface area contributed by atoms with Crippen molar-refractivity contribution in [3.63, 3.8) is 0 Å². The Kier molecular flexibility index (Phi) is 4.85. The van der Waals surface area contributed by atoms with E-state index in [1.54, 1.807) is 31.2 Å². The number of nitro benzene ring substituents is 1. The van der Waals surface area contributed by atoms with Crippen molar-refractivity contribution in [2.45, 2.75) is 6.92 Å². The molecule has 7 heteroatoms. The van der Waals surface area contributed by atoms with E-state index in [-0.39, 0.29) is 5.69 Å². The summed E-state index contributed by atoms with van der Waals surface area (Å²) in [5, 5.41) is 15.1. The van der Waals surface area contributed by atoms with E-state index in [0.717, 1.165) is 5.56 Å². The third-order valence-corrected chi connectivity index (χ3v) is 3.12. The topological polar surface area (TPSA) is 84.6 Å². The Morgan fingerprint density at radius 1 is 1.32 bits per heavy atom. The van der Waals surface area contributed by atoms with Crippen LogP contribution in [0.2, 0.25) is 5.02 Å². The highest BCUT2D eigenvalue weighted by Gasteiger charge is 2.13. The van der Waals surface area contributed by atoms with Gasteiger partial charge in [-0.2, -0.15) is 5.10 Å². The normalized spacial score (nSPS) is 10.6. The first-order chi connectivity index (χ1) is 10.5. The summed E-state index contributed by atoms with van der Waals surface area (Å²) >= 11 is 5.84. The molecule has 0 aromatic heterocycles. The second kappa shape index (κ2) is 6.82. The van der Waals surface area contributed by atoms with Crippen molar-refractivity contribution in [2.24, 2.45) is 5.10 Å². The van der Waals surface area contributed by atoms with Crippen LogP contribution in [0.25, 0.3) is 0 Å². The number of hydrogen-bond acceptors (Lipinski definition) is 4. The number of hydrazone groups is 1. The molecule has 0 aliphatic heterocycles. The molecule has 0 unspecified atom stereocenters. The van der Waals surface area contributed by atoms with Crippen LogP contribution in [0.4, 0.5) is 5.69 Å². The molecule has 0 heterocycles. The van der Waals surface area contributed by atoms with Gasteiger partial charge in [0, 0.05) is 22.2 Å². The van der Waals surface area contributed by atoms with Gasteiger partial charge in [0.1, 0.15) is 0 Å². The fourth-order valence-corrected chi connectivity index (χ4v) is 2.02. The fourth-order valence-electron chi connectivity index (χ4n) is 1.82. The Bertz CT molecular complexity index is 759. The van der Waals surface area contributed by atoms with E-state index >= 15 is 0 Å². The summed E-state index contributed by atoms with van der Waals surface area (Å²) in [6.07, 6.45) is 1.46. The van der Waals surface area contributed by atoms with Gasteiger partial charge < -0.3 is 0 Å². The van der Waals surface area contributed by atoms with E-state index in [1.807, 2.05) is 0 Å². The molecule has 0 aliphatic rings. The van der Waals surface area contributed by atoms with Gasteiger partial charge >= 0.3 is 0 Å². The molecule has 0 radical (unpaired) electrons. The van der Waals surface area contributed by atoms with Crippen molar-refractivity contribution in [3.05, 3.63) is 74.3 Å². The van der Waals surface area contributed by atoms with Gasteiger partial charge in [0.2, 0.25) is 0 Å². The van der Waals surface area contributed by atoms with Crippen LogP contribution in [0.3, 0.4) is 0 Å². The molecule has 1 amide bonds. The first-order valence-electron chi connectivity index (χ1n) is 6.31. The van der Waals surface area contributed by atoms with Crippen LogP contribution in [-0.2, 0) is 0 Å². The van der Waals surface area contributed by atoms with Crippen molar-refractivity contribution in [1.29, 1.82) is 0 Å². The number of nitro groups is 1.